The van der Waals surface area contributed by atoms with Crippen molar-refractivity contribution in [2.24, 2.45) is 0 Å². The van der Waals surface area contributed by atoms with E-state index in [2.05, 4.69) is 59.1 Å². The molecule has 0 saturated carbocycles. The molecule has 1 aromatic carbocycles. The number of hydrogen-bond acceptors (Lipinski definition) is 6. The molecule has 8 nitrogen and oxygen atoms in total. The van der Waals surface area contributed by atoms with Crippen LogP contribution in [0.15, 0.2) is 66.1 Å². The van der Waals surface area contributed by atoms with E-state index in [1.54, 1.807) is 41.6 Å². The van der Waals surface area contributed by atoms with Crippen LogP contribution in [0.4, 0.5) is 11.5 Å². The number of rotatable bonds is 7. The Kier molecular flexibility index (Phi) is 6.47. The standard InChI is InChI=1S/C29H34N6O2/c1-6-14-34-28(36)23-18-30-26(17-24(23)35(34)27-9-7-8-25(32-27)29(2,3)37)31-21-12-10-20-16-22(33(4)5)13-11-19(20)15-21/h6-10,12,15,17-18,22,37H,1,11,13-14,16H2,2-5H3,(H,30,31). The molecule has 37 heavy (non-hydrogen) atoms. The molecule has 0 saturated heterocycles. The summed E-state index contributed by atoms with van der Waals surface area (Å²) in [5, 5.41) is 14.4. The van der Waals surface area contributed by atoms with Crippen molar-refractivity contribution in [1.29, 1.82) is 0 Å². The fourth-order valence-corrected chi connectivity index (χ4v) is 5.03. The number of aromatic nitrogens is 4. The Morgan fingerprint density at radius 3 is 2.76 bits per heavy atom. The lowest BCUT2D eigenvalue weighted by Crippen LogP contribution is -2.33. The summed E-state index contributed by atoms with van der Waals surface area (Å²) in [6.45, 7) is 7.51. The van der Waals surface area contributed by atoms with Crippen LogP contribution in [0.2, 0.25) is 0 Å². The number of likely N-dealkylation sites (N-methyl/N-ethyl adjacent to an activating group) is 1. The SMILES string of the molecule is C=CCn1c(=O)c2cnc(Nc3ccc4c(c3)CCC(N(C)C)C4)cc2n1-c1cccc(C(C)(C)O)n1. The Hall–Kier alpha value is -3.75. The summed E-state index contributed by atoms with van der Waals surface area (Å²) < 4.78 is 3.36. The van der Waals surface area contributed by atoms with Gasteiger partial charge >= 0.3 is 0 Å². The second-order valence-electron chi connectivity index (χ2n) is 10.5. The van der Waals surface area contributed by atoms with Crippen molar-refractivity contribution < 1.29 is 5.11 Å². The highest BCUT2D eigenvalue weighted by Crippen LogP contribution is 2.28. The number of nitrogens with zero attached hydrogens (tertiary/aromatic N) is 5. The first-order valence-electron chi connectivity index (χ1n) is 12.6. The molecule has 2 N–H and O–H groups in total. The molecule has 0 bridgehead atoms. The third kappa shape index (κ3) is 4.82. The first-order chi connectivity index (χ1) is 17.7. The number of aryl methyl sites for hydroxylation is 1. The molecule has 192 valence electrons. The zero-order chi connectivity index (χ0) is 26.3. The molecule has 0 radical (unpaired) electrons. The van der Waals surface area contributed by atoms with E-state index in [4.69, 9.17) is 0 Å². The molecule has 1 atom stereocenters. The van der Waals surface area contributed by atoms with E-state index in [1.165, 1.54) is 11.1 Å². The third-order valence-electron chi connectivity index (χ3n) is 7.11. The summed E-state index contributed by atoms with van der Waals surface area (Å²) in [5.41, 5.74) is 3.64. The Balaban J connectivity index is 1.55. The quantitative estimate of drug-likeness (QED) is 0.372. The van der Waals surface area contributed by atoms with Crippen LogP contribution in [0.3, 0.4) is 0 Å². The van der Waals surface area contributed by atoms with E-state index in [0.717, 1.165) is 24.9 Å². The van der Waals surface area contributed by atoms with Gasteiger partial charge in [0.15, 0.2) is 5.82 Å². The largest absolute Gasteiger partial charge is 0.384 e. The van der Waals surface area contributed by atoms with Crippen LogP contribution in [0, 0.1) is 0 Å². The smallest absolute Gasteiger partial charge is 0.276 e. The molecular formula is C29H34N6O2. The Morgan fingerprint density at radius 2 is 2.03 bits per heavy atom. The maximum atomic E-state index is 13.3. The number of hydrogen-bond donors (Lipinski definition) is 2. The first kappa shape index (κ1) is 24.9. The summed E-state index contributed by atoms with van der Waals surface area (Å²) in [4.78, 5) is 24.8. The molecule has 3 heterocycles. The molecule has 0 amide bonds. The predicted molar refractivity (Wildman–Crippen MR) is 148 cm³/mol. The van der Waals surface area contributed by atoms with Crippen molar-refractivity contribution in [2.45, 2.75) is 51.3 Å². The highest BCUT2D eigenvalue weighted by atomic mass is 16.3. The molecule has 1 aliphatic carbocycles. The highest BCUT2D eigenvalue weighted by Gasteiger charge is 2.22. The zero-order valence-electron chi connectivity index (χ0n) is 21.9. The minimum absolute atomic E-state index is 0.173. The van der Waals surface area contributed by atoms with Gasteiger partial charge in [0.1, 0.15) is 11.4 Å². The molecule has 0 spiro atoms. The molecule has 8 heteroatoms. The van der Waals surface area contributed by atoms with Gasteiger partial charge in [-0.2, -0.15) is 0 Å². The van der Waals surface area contributed by atoms with Gasteiger partial charge in [0.2, 0.25) is 0 Å². The maximum absolute atomic E-state index is 13.3. The number of aliphatic hydroxyl groups is 1. The topological polar surface area (TPSA) is 88.2 Å². The number of anilines is 2. The summed E-state index contributed by atoms with van der Waals surface area (Å²) in [6, 6.07) is 14.4. The summed E-state index contributed by atoms with van der Waals surface area (Å²) in [5.74, 6) is 1.17. The van der Waals surface area contributed by atoms with Crippen LogP contribution in [0.5, 0.6) is 0 Å². The lowest BCUT2D eigenvalue weighted by atomic mass is 9.87. The summed E-state index contributed by atoms with van der Waals surface area (Å²) in [6.07, 6.45) is 6.54. The minimum atomic E-state index is -1.12. The van der Waals surface area contributed by atoms with Gasteiger partial charge in [-0.1, -0.05) is 18.2 Å². The monoisotopic (exact) mass is 498 g/mol. The van der Waals surface area contributed by atoms with Crippen molar-refractivity contribution >= 4 is 22.4 Å². The average Bonchev–Trinajstić information content (AvgIpc) is 3.14. The van der Waals surface area contributed by atoms with Crippen LogP contribution in [-0.2, 0) is 25.0 Å². The van der Waals surface area contributed by atoms with Crippen LogP contribution in [-0.4, -0.2) is 49.5 Å². The van der Waals surface area contributed by atoms with Crippen LogP contribution in [0.25, 0.3) is 16.7 Å². The third-order valence-corrected chi connectivity index (χ3v) is 7.11. The van der Waals surface area contributed by atoms with Gasteiger partial charge < -0.3 is 15.3 Å². The number of benzene rings is 1. The summed E-state index contributed by atoms with van der Waals surface area (Å²) in [7, 11) is 4.29. The van der Waals surface area contributed by atoms with Crippen molar-refractivity contribution in [3.63, 3.8) is 0 Å². The van der Waals surface area contributed by atoms with Gasteiger partial charge in [-0.3, -0.25) is 4.79 Å². The number of fused-ring (bicyclic) bond motifs is 2. The second kappa shape index (κ2) is 9.61. The fraction of sp³-hybridized carbons (Fsp3) is 0.345. The van der Waals surface area contributed by atoms with E-state index < -0.39 is 5.60 Å². The minimum Gasteiger partial charge on any atom is -0.384 e. The Morgan fingerprint density at radius 1 is 1.22 bits per heavy atom. The Bertz CT molecular complexity index is 1530. The first-order valence-corrected chi connectivity index (χ1v) is 12.6. The molecule has 3 aromatic heterocycles. The van der Waals surface area contributed by atoms with Crippen LogP contribution in [0.1, 0.15) is 37.1 Å². The van der Waals surface area contributed by atoms with Gasteiger partial charge in [0.25, 0.3) is 5.56 Å². The lowest BCUT2D eigenvalue weighted by molar-refractivity contribution is 0.0738. The van der Waals surface area contributed by atoms with Crippen molar-refractivity contribution in [1.82, 2.24) is 24.2 Å². The number of pyridine rings is 2. The molecule has 0 aliphatic heterocycles. The fourth-order valence-electron chi connectivity index (χ4n) is 5.03. The van der Waals surface area contributed by atoms with E-state index in [1.807, 2.05) is 18.2 Å². The van der Waals surface area contributed by atoms with Gasteiger partial charge in [0, 0.05) is 24.0 Å². The molecule has 0 fully saturated rings. The normalized spacial score (nSPS) is 15.7. The van der Waals surface area contributed by atoms with Gasteiger partial charge in [-0.05, 0) is 82.6 Å². The second-order valence-corrected chi connectivity index (χ2v) is 10.5. The predicted octanol–water partition coefficient (Wildman–Crippen LogP) is 4.16. The summed E-state index contributed by atoms with van der Waals surface area (Å²) >= 11 is 0. The molecule has 1 aliphatic rings. The lowest BCUT2D eigenvalue weighted by Gasteiger charge is -2.30. The molecule has 5 rings (SSSR count). The Labute approximate surface area is 216 Å². The van der Waals surface area contributed by atoms with Crippen LogP contribution < -0.4 is 10.9 Å². The van der Waals surface area contributed by atoms with Gasteiger partial charge in [-0.15, -0.1) is 6.58 Å². The van der Waals surface area contributed by atoms with E-state index in [0.29, 0.717) is 40.8 Å². The van der Waals surface area contributed by atoms with Crippen molar-refractivity contribution in [3.8, 4) is 5.82 Å². The molecular weight excluding hydrogens is 464 g/mol. The van der Waals surface area contributed by atoms with Crippen molar-refractivity contribution in [2.75, 3.05) is 19.4 Å². The van der Waals surface area contributed by atoms with Gasteiger partial charge in [0.05, 0.1) is 23.1 Å². The zero-order valence-corrected chi connectivity index (χ0v) is 21.9. The van der Waals surface area contributed by atoms with E-state index in [9.17, 15) is 9.90 Å². The van der Waals surface area contributed by atoms with Gasteiger partial charge in [-0.25, -0.2) is 19.3 Å². The number of nitrogens with one attached hydrogen (secondary N) is 1. The highest BCUT2D eigenvalue weighted by molar-refractivity contribution is 5.82. The molecule has 1 unspecified atom stereocenters. The maximum Gasteiger partial charge on any atom is 0.276 e. The van der Waals surface area contributed by atoms with E-state index in [-0.39, 0.29) is 5.56 Å². The van der Waals surface area contributed by atoms with E-state index >= 15 is 0 Å². The average molecular weight is 499 g/mol. The number of allylic oxidation sites excluding steroid dienone is 1. The van der Waals surface area contributed by atoms with Crippen LogP contribution >= 0.6 is 0 Å². The molecule has 4 aromatic rings. The van der Waals surface area contributed by atoms with Crippen molar-refractivity contribution in [3.05, 3.63) is 88.5 Å².